The largest absolute Gasteiger partial charge is 0.352 e. The Hall–Kier alpha value is -0.800. The van der Waals surface area contributed by atoms with E-state index in [2.05, 4.69) is 11.8 Å². The molecule has 0 aromatic carbocycles. The van der Waals surface area contributed by atoms with Crippen LogP contribution in [0.2, 0.25) is 0 Å². The van der Waals surface area contributed by atoms with Crippen LogP contribution in [0.15, 0.2) is 12.3 Å². The Kier molecular flexibility index (Phi) is 2.68. The third kappa shape index (κ3) is 1.82. The molecule has 1 rings (SSSR count). The first-order valence-corrected chi connectivity index (χ1v) is 3.68. The van der Waals surface area contributed by atoms with Crippen molar-refractivity contribution < 1.29 is 10.1 Å². The van der Waals surface area contributed by atoms with Crippen molar-refractivity contribution in [2.24, 2.45) is 7.05 Å². The normalized spacial score (nSPS) is 10.5. The van der Waals surface area contributed by atoms with Crippen molar-refractivity contribution in [3.05, 3.63) is 23.5 Å². The minimum atomic E-state index is 0.260. The summed E-state index contributed by atoms with van der Waals surface area (Å²) >= 11 is 0. The Morgan fingerprint density at radius 2 is 2.36 bits per heavy atom. The molecule has 0 aliphatic carbocycles. The fraction of sp³-hybridized carbons (Fsp3) is 0.500. The van der Waals surface area contributed by atoms with Crippen LogP contribution in [0.4, 0.5) is 0 Å². The molecule has 0 aliphatic heterocycles. The van der Waals surface area contributed by atoms with Gasteiger partial charge in [-0.2, -0.15) is 0 Å². The van der Waals surface area contributed by atoms with Crippen LogP contribution in [0, 0.1) is 0 Å². The number of aromatic nitrogens is 1. The van der Waals surface area contributed by atoms with Gasteiger partial charge in [0.2, 0.25) is 0 Å². The Bertz CT molecular complexity index is 230. The summed E-state index contributed by atoms with van der Waals surface area (Å²) in [5.74, 6) is 0. The Morgan fingerprint density at radius 1 is 1.64 bits per heavy atom. The van der Waals surface area contributed by atoms with Crippen LogP contribution in [0.5, 0.6) is 0 Å². The van der Waals surface area contributed by atoms with Crippen LogP contribution in [-0.2, 0) is 25.0 Å². The first-order chi connectivity index (χ1) is 5.27. The Balaban J connectivity index is 2.79. The zero-order chi connectivity index (χ0) is 8.27. The highest BCUT2D eigenvalue weighted by Gasteiger charge is 2.00. The van der Waals surface area contributed by atoms with E-state index in [1.165, 1.54) is 5.56 Å². The molecule has 0 amide bonds. The summed E-state index contributed by atoms with van der Waals surface area (Å²) < 4.78 is 1.95. The molecule has 1 aromatic heterocycles. The maximum absolute atomic E-state index is 8.21. The number of nitrogens with zero attached hydrogens (tertiary/aromatic N) is 1. The van der Waals surface area contributed by atoms with E-state index in [0.717, 1.165) is 12.1 Å². The smallest absolute Gasteiger partial charge is 0.122 e. The zero-order valence-electron chi connectivity index (χ0n) is 6.87. The molecule has 0 atom stereocenters. The van der Waals surface area contributed by atoms with Crippen molar-refractivity contribution in [2.75, 3.05) is 0 Å². The van der Waals surface area contributed by atoms with Crippen molar-refractivity contribution in [1.29, 1.82) is 0 Å². The molecule has 3 nitrogen and oxygen atoms in total. The van der Waals surface area contributed by atoms with Crippen LogP contribution in [0.1, 0.15) is 18.2 Å². The summed E-state index contributed by atoms with van der Waals surface area (Å²) in [4.78, 5) is 4.05. The van der Waals surface area contributed by atoms with Crippen LogP contribution < -0.4 is 0 Å². The molecule has 0 fully saturated rings. The first-order valence-electron chi connectivity index (χ1n) is 3.68. The van der Waals surface area contributed by atoms with Crippen molar-refractivity contribution in [3.8, 4) is 0 Å². The summed E-state index contributed by atoms with van der Waals surface area (Å²) in [5, 5.41) is 8.21. The van der Waals surface area contributed by atoms with Crippen molar-refractivity contribution in [3.63, 3.8) is 0 Å². The van der Waals surface area contributed by atoms with Crippen molar-refractivity contribution in [1.82, 2.24) is 4.57 Å². The lowest BCUT2D eigenvalue weighted by Crippen LogP contribution is -1.95. The van der Waals surface area contributed by atoms with Crippen LogP contribution in [-0.4, -0.2) is 9.82 Å². The van der Waals surface area contributed by atoms with Gasteiger partial charge < -0.3 is 4.57 Å². The number of aryl methyl sites for hydroxylation is 2. The molecule has 0 saturated carbocycles. The SMILES string of the molecule is CCc1cc(COO)n(C)c1. The summed E-state index contributed by atoms with van der Waals surface area (Å²) in [6.07, 6.45) is 3.05. The van der Waals surface area contributed by atoms with E-state index >= 15 is 0 Å². The Morgan fingerprint density at radius 3 is 2.82 bits per heavy atom. The van der Waals surface area contributed by atoms with E-state index in [0.29, 0.717) is 0 Å². The molecule has 11 heavy (non-hydrogen) atoms. The second-order valence-electron chi connectivity index (χ2n) is 2.58. The highest BCUT2D eigenvalue weighted by Crippen LogP contribution is 2.08. The summed E-state index contributed by atoms with van der Waals surface area (Å²) in [7, 11) is 1.94. The van der Waals surface area contributed by atoms with Gasteiger partial charge in [0.05, 0.1) is 0 Å². The highest BCUT2D eigenvalue weighted by molar-refractivity contribution is 5.17. The highest BCUT2D eigenvalue weighted by atomic mass is 17.1. The molecule has 3 heteroatoms. The predicted octanol–water partition coefficient (Wildman–Crippen LogP) is 1.58. The lowest BCUT2D eigenvalue weighted by molar-refractivity contribution is -0.254. The molecule has 0 radical (unpaired) electrons. The lowest BCUT2D eigenvalue weighted by Gasteiger charge is -1.97. The number of rotatable bonds is 3. The average molecular weight is 155 g/mol. The third-order valence-electron chi connectivity index (χ3n) is 1.79. The van der Waals surface area contributed by atoms with Crippen LogP contribution in [0.25, 0.3) is 0 Å². The fourth-order valence-electron chi connectivity index (χ4n) is 1.09. The van der Waals surface area contributed by atoms with E-state index in [4.69, 9.17) is 5.26 Å². The summed E-state index contributed by atoms with van der Waals surface area (Å²) in [6, 6.07) is 2.02. The molecular formula is C8H13NO2. The lowest BCUT2D eigenvalue weighted by atomic mass is 10.2. The third-order valence-corrected chi connectivity index (χ3v) is 1.79. The van der Waals surface area contributed by atoms with E-state index in [1.54, 1.807) is 0 Å². The standard InChI is InChI=1S/C8H13NO2/c1-3-7-4-8(6-11-10)9(2)5-7/h4-5,10H,3,6H2,1-2H3. The summed E-state index contributed by atoms with van der Waals surface area (Å²) in [5.41, 5.74) is 2.25. The molecule has 0 bridgehead atoms. The van der Waals surface area contributed by atoms with Gasteiger partial charge >= 0.3 is 0 Å². The first kappa shape index (κ1) is 8.30. The molecule has 0 saturated heterocycles. The number of hydrogen-bond acceptors (Lipinski definition) is 2. The zero-order valence-corrected chi connectivity index (χ0v) is 6.87. The van der Waals surface area contributed by atoms with Gasteiger partial charge in [0, 0.05) is 18.9 Å². The fourth-order valence-corrected chi connectivity index (χ4v) is 1.09. The van der Waals surface area contributed by atoms with Gasteiger partial charge in [0.15, 0.2) is 0 Å². The molecule has 0 spiro atoms. The van der Waals surface area contributed by atoms with E-state index in [9.17, 15) is 0 Å². The molecule has 0 aliphatic rings. The van der Waals surface area contributed by atoms with Crippen LogP contribution in [0.3, 0.4) is 0 Å². The van der Waals surface area contributed by atoms with E-state index in [1.807, 2.05) is 23.9 Å². The maximum Gasteiger partial charge on any atom is 0.122 e. The monoisotopic (exact) mass is 155 g/mol. The van der Waals surface area contributed by atoms with Crippen molar-refractivity contribution in [2.45, 2.75) is 20.0 Å². The van der Waals surface area contributed by atoms with Gasteiger partial charge in [0.1, 0.15) is 6.61 Å². The second kappa shape index (κ2) is 3.55. The van der Waals surface area contributed by atoms with Gasteiger partial charge in [-0.1, -0.05) is 6.92 Å². The summed E-state index contributed by atoms with van der Waals surface area (Å²) in [6.45, 7) is 2.36. The van der Waals surface area contributed by atoms with Crippen molar-refractivity contribution >= 4 is 0 Å². The van der Waals surface area contributed by atoms with Gasteiger partial charge in [-0.05, 0) is 18.1 Å². The molecule has 62 valence electrons. The Labute approximate surface area is 66.1 Å². The number of hydrogen-bond donors (Lipinski definition) is 1. The van der Waals surface area contributed by atoms with Gasteiger partial charge in [0.25, 0.3) is 0 Å². The van der Waals surface area contributed by atoms with E-state index in [-0.39, 0.29) is 6.61 Å². The minimum absolute atomic E-state index is 0.260. The topological polar surface area (TPSA) is 34.4 Å². The van der Waals surface area contributed by atoms with Gasteiger partial charge in [-0.25, -0.2) is 4.89 Å². The molecule has 1 heterocycles. The van der Waals surface area contributed by atoms with Gasteiger partial charge in [-0.15, -0.1) is 0 Å². The van der Waals surface area contributed by atoms with Crippen LogP contribution >= 0.6 is 0 Å². The average Bonchev–Trinajstić information content (AvgIpc) is 2.33. The van der Waals surface area contributed by atoms with Gasteiger partial charge in [-0.3, -0.25) is 5.26 Å². The molecular weight excluding hydrogens is 142 g/mol. The predicted molar refractivity (Wildman–Crippen MR) is 42.2 cm³/mol. The minimum Gasteiger partial charge on any atom is -0.352 e. The van der Waals surface area contributed by atoms with E-state index < -0.39 is 0 Å². The quantitative estimate of drug-likeness (QED) is 0.531. The molecule has 0 unspecified atom stereocenters. The second-order valence-corrected chi connectivity index (χ2v) is 2.58. The molecule has 1 aromatic rings. The molecule has 1 N–H and O–H groups in total. The maximum atomic E-state index is 8.21.